The second-order valence-electron chi connectivity index (χ2n) is 28.9. The van der Waals surface area contributed by atoms with Crippen LogP contribution in [0, 0.1) is 0 Å². The minimum Gasteiger partial charge on any atom is -0.463 e. The average molecular weight is 1620 g/mol. The molecule has 0 amide bonds. The van der Waals surface area contributed by atoms with Crippen molar-refractivity contribution in [1.29, 1.82) is 0 Å². The molecule has 5 unspecified atom stereocenters. The van der Waals surface area contributed by atoms with Gasteiger partial charge < -0.3 is 34.2 Å². The van der Waals surface area contributed by atoms with Crippen LogP contribution in [-0.4, -0.2) is 95.9 Å². The summed E-state index contributed by atoms with van der Waals surface area (Å²) >= 11 is 0. The zero-order valence-electron chi connectivity index (χ0n) is 70.7. The van der Waals surface area contributed by atoms with Crippen molar-refractivity contribution in [2.45, 2.75) is 360 Å². The number of hydrogen-bond acceptors (Lipinski definition) is 14. The van der Waals surface area contributed by atoms with Gasteiger partial charge in [-0.2, -0.15) is 0 Å². The van der Waals surface area contributed by atoms with Crippen molar-refractivity contribution < 1.29 is 75.8 Å². The van der Waals surface area contributed by atoms with E-state index in [1.807, 2.05) is 0 Å². The Balaban J connectivity index is 4.71. The molecular formula is C95H158O16P2. The molecule has 644 valence electrons. The molecule has 0 aliphatic carbocycles. The molecule has 4 N–H and O–H groups in total. The Kier molecular flexibility index (Phi) is 81.9. The second kappa shape index (κ2) is 86.0. The summed E-state index contributed by atoms with van der Waals surface area (Å²) in [6.07, 6.45) is 112. The normalized spacial score (nSPS) is 14.7. The molecule has 0 aliphatic rings. The highest BCUT2D eigenvalue weighted by molar-refractivity contribution is 7.47. The number of aliphatic hydroxyl groups excluding tert-OH is 2. The molecule has 0 aliphatic heterocycles. The lowest BCUT2D eigenvalue weighted by molar-refractivity contribution is -0.161. The third-order valence-electron chi connectivity index (χ3n) is 18.1. The smallest absolute Gasteiger partial charge is 0.463 e. The fourth-order valence-corrected chi connectivity index (χ4v) is 13.1. The summed E-state index contributed by atoms with van der Waals surface area (Å²) in [5.74, 6) is -1.60. The Bertz CT molecular complexity index is 2780. The van der Waals surface area contributed by atoms with Crippen LogP contribution >= 0.6 is 15.6 Å². The van der Waals surface area contributed by atoms with E-state index in [0.717, 1.165) is 193 Å². The SMILES string of the molecule is CC/C=C\C/C=C\C/C=C\C/C=C\C/C=C\C/C=C\CCCCCCCCC(=O)OCC(COP(=O)(O)OCC(O)COP(=O)(O)OCC(O)COC(=O)CCCCCCCCCCCCC/C=C\C/C=C\C/C=C\C/C=C\CCCCC)OC(=O)CCCCCCCCCCC/C=C\C/C=C\C/C=C\C/C=C\C/C=C\CC. The summed E-state index contributed by atoms with van der Waals surface area (Å²) in [5, 5.41) is 20.7. The summed E-state index contributed by atoms with van der Waals surface area (Å²) < 4.78 is 61.4. The van der Waals surface area contributed by atoms with E-state index in [2.05, 4.69) is 203 Å². The van der Waals surface area contributed by atoms with Crippen molar-refractivity contribution >= 4 is 33.6 Å². The van der Waals surface area contributed by atoms with Crippen molar-refractivity contribution in [3.63, 3.8) is 0 Å². The van der Waals surface area contributed by atoms with E-state index in [1.54, 1.807) is 0 Å². The van der Waals surface area contributed by atoms with Crippen molar-refractivity contribution in [2.75, 3.05) is 39.6 Å². The van der Waals surface area contributed by atoms with Crippen LogP contribution < -0.4 is 0 Å². The number of hydrogen-bond donors (Lipinski definition) is 4. The molecule has 0 rings (SSSR count). The van der Waals surface area contributed by atoms with Gasteiger partial charge in [-0.3, -0.25) is 32.5 Å². The molecule has 16 nitrogen and oxygen atoms in total. The van der Waals surface area contributed by atoms with E-state index in [0.29, 0.717) is 19.3 Å². The van der Waals surface area contributed by atoms with Gasteiger partial charge in [-0.1, -0.05) is 344 Å². The highest BCUT2D eigenvalue weighted by atomic mass is 31.2. The van der Waals surface area contributed by atoms with Gasteiger partial charge in [-0.15, -0.1) is 0 Å². The van der Waals surface area contributed by atoms with Gasteiger partial charge in [0.25, 0.3) is 0 Å². The van der Waals surface area contributed by atoms with Crippen LogP contribution in [0.1, 0.15) is 342 Å². The number of phosphoric acid groups is 2. The molecule has 0 bridgehead atoms. The predicted molar refractivity (Wildman–Crippen MR) is 472 cm³/mol. The van der Waals surface area contributed by atoms with E-state index in [1.165, 1.54) is 89.9 Å². The summed E-state index contributed by atoms with van der Waals surface area (Å²) in [6.45, 7) is 2.42. The average Bonchev–Trinajstić information content (AvgIpc) is 0.906. The molecule has 0 aromatic carbocycles. The van der Waals surface area contributed by atoms with Gasteiger partial charge in [0.2, 0.25) is 0 Å². The molecule has 0 saturated heterocycles. The monoisotopic (exact) mass is 1620 g/mol. The first kappa shape index (κ1) is 108. The third kappa shape index (κ3) is 87.3. The number of allylic oxidation sites excluding steroid dienone is 30. The van der Waals surface area contributed by atoms with Gasteiger partial charge in [0.15, 0.2) is 6.10 Å². The summed E-state index contributed by atoms with van der Waals surface area (Å²) in [7, 11) is -9.82. The van der Waals surface area contributed by atoms with E-state index < -0.39 is 91.5 Å². The van der Waals surface area contributed by atoms with Crippen LogP contribution in [-0.2, 0) is 55.8 Å². The standard InChI is InChI=1S/C95H158O16P2/c1-4-7-10-13-16-19-22-25-28-31-34-37-40-43-44-47-49-51-54-57-60-63-66-69-72-75-78-81-93(98)105-84-90(96)85-107-112(101,102)108-86-91(97)87-109-113(103,104)110-89-92(111-95(100)83-80-77-74-71-68-65-62-59-56-53-50-46-42-39-36-33-30-27-24-21-18-15-12-9-6-3)88-106-94(99)82-79-76-73-70-67-64-61-58-55-52-48-45-41-38-35-32-29-26-23-20-17-14-11-8-5-2/h8-9,11-12,16-21,25-30,34-39,43-46,48,50,55,58,90-92,96-97H,4-7,10,13-15,22-24,31-33,40-42,47,49,51-54,56-57,59-89H2,1-3H3,(H,101,102)(H,103,104)/b11-8-,12-9-,19-16-,20-17-,21-18-,28-25-,29-26-,30-27-,37-34-,38-35-,39-36-,44-43-,48-45-,50-46-,58-55-. The van der Waals surface area contributed by atoms with Crippen molar-refractivity contribution in [1.82, 2.24) is 0 Å². The maximum Gasteiger partial charge on any atom is 0.472 e. The van der Waals surface area contributed by atoms with Crippen LogP contribution in [0.3, 0.4) is 0 Å². The first-order valence-corrected chi connectivity index (χ1v) is 47.1. The maximum atomic E-state index is 13.1. The Morgan fingerprint density at radius 3 is 0.743 bits per heavy atom. The number of esters is 3. The molecular weight excluding hydrogens is 1460 g/mol. The van der Waals surface area contributed by atoms with Gasteiger partial charge in [0, 0.05) is 19.3 Å². The number of aliphatic hydroxyl groups is 2. The fraction of sp³-hybridized carbons (Fsp3) is 0.653. The number of rotatable bonds is 82. The lowest BCUT2D eigenvalue weighted by Gasteiger charge is -2.21. The molecule has 0 aromatic heterocycles. The lowest BCUT2D eigenvalue weighted by atomic mass is 10.0. The third-order valence-corrected chi connectivity index (χ3v) is 20.0. The first-order chi connectivity index (χ1) is 55.2. The summed E-state index contributed by atoms with van der Waals surface area (Å²) in [4.78, 5) is 59.0. The van der Waals surface area contributed by atoms with E-state index in [9.17, 15) is 43.5 Å². The number of phosphoric ester groups is 2. The summed E-state index contributed by atoms with van der Waals surface area (Å²) in [6, 6.07) is 0. The molecule has 0 radical (unpaired) electrons. The fourth-order valence-electron chi connectivity index (χ4n) is 11.5. The van der Waals surface area contributed by atoms with Crippen LogP contribution in [0.4, 0.5) is 0 Å². The number of unbranched alkanes of at least 4 members (excludes halogenated alkanes) is 29. The minimum absolute atomic E-state index is 0.0862. The van der Waals surface area contributed by atoms with Gasteiger partial charge >= 0.3 is 33.6 Å². The molecule has 113 heavy (non-hydrogen) atoms. The Morgan fingerprint density at radius 2 is 0.469 bits per heavy atom. The zero-order valence-corrected chi connectivity index (χ0v) is 72.5. The van der Waals surface area contributed by atoms with E-state index in [4.69, 9.17) is 32.3 Å². The van der Waals surface area contributed by atoms with Crippen molar-refractivity contribution in [3.05, 3.63) is 182 Å². The predicted octanol–water partition coefficient (Wildman–Crippen LogP) is 26.9. The molecule has 0 aromatic rings. The van der Waals surface area contributed by atoms with Gasteiger partial charge in [0.1, 0.15) is 25.4 Å². The van der Waals surface area contributed by atoms with Crippen LogP contribution in [0.2, 0.25) is 0 Å². The number of carbonyl (C=O) groups is 3. The number of ether oxygens (including phenoxy) is 3. The number of carbonyl (C=O) groups excluding carboxylic acids is 3. The van der Waals surface area contributed by atoms with E-state index >= 15 is 0 Å². The van der Waals surface area contributed by atoms with Crippen LogP contribution in [0.15, 0.2) is 182 Å². The van der Waals surface area contributed by atoms with Gasteiger partial charge in [-0.25, -0.2) is 9.13 Å². The summed E-state index contributed by atoms with van der Waals surface area (Å²) in [5.41, 5.74) is 0. The van der Waals surface area contributed by atoms with Crippen LogP contribution in [0.25, 0.3) is 0 Å². The molecule has 5 atom stereocenters. The lowest BCUT2D eigenvalue weighted by Crippen LogP contribution is -2.30. The first-order valence-electron chi connectivity index (χ1n) is 44.1. The highest BCUT2D eigenvalue weighted by Gasteiger charge is 2.29. The molecule has 0 heterocycles. The second-order valence-corrected chi connectivity index (χ2v) is 31.8. The Morgan fingerprint density at radius 1 is 0.257 bits per heavy atom. The van der Waals surface area contributed by atoms with Gasteiger partial charge in [0.05, 0.1) is 26.4 Å². The largest absolute Gasteiger partial charge is 0.472 e. The topological polar surface area (TPSA) is 231 Å². The quantitative estimate of drug-likeness (QED) is 0.0146. The van der Waals surface area contributed by atoms with Gasteiger partial charge in [-0.05, 0) is 161 Å². The van der Waals surface area contributed by atoms with Crippen molar-refractivity contribution in [2.24, 2.45) is 0 Å². The highest BCUT2D eigenvalue weighted by Crippen LogP contribution is 2.45. The van der Waals surface area contributed by atoms with E-state index in [-0.39, 0.29) is 19.3 Å². The van der Waals surface area contributed by atoms with Crippen LogP contribution in [0.5, 0.6) is 0 Å². The molecule has 0 fully saturated rings. The zero-order chi connectivity index (χ0) is 82.2. The minimum atomic E-state index is -4.95. The Labute approximate surface area is 687 Å². The van der Waals surface area contributed by atoms with Crippen molar-refractivity contribution in [3.8, 4) is 0 Å². The molecule has 0 saturated carbocycles. The molecule has 0 spiro atoms. The maximum absolute atomic E-state index is 13.1. The Hall–Kier alpha value is -5.35. The molecule has 18 heteroatoms.